The Morgan fingerprint density at radius 2 is 1.86 bits per heavy atom. The summed E-state index contributed by atoms with van der Waals surface area (Å²) in [6.07, 6.45) is 5.43. The first kappa shape index (κ1) is 25.3. The molecule has 7 heteroatoms. The average Bonchev–Trinajstić information content (AvgIpc) is 2.88. The molecular formula is C28H35N3O3S. The molecule has 1 aromatic heterocycles. The number of carbonyl (C=O) groups is 1. The number of aldehydes is 1. The number of nitrogens with one attached hydrogen (secondary N) is 1. The molecule has 1 fully saturated rings. The standard InChI is InChI=1S/C28H35N3O3S/c1-2-3-19-35-27-8-6-7-26(24(27)21-32)31-16-14-30(15-17-31)13-4-5-18-34-23-11-9-22-10-12-28(33)29-25(22)20-23/h6-12,20-21H,2-5,13-19H2,1H3,(H,29,33). The van der Waals surface area contributed by atoms with Crippen molar-refractivity contribution in [3.63, 3.8) is 0 Å². The molecule has 35 heavy (non-hydrogen) atoms. The predicted molar refractivity (Wildman–Crippen MR) is 145 cm³/mol. The smallest absolute Gasteiger partial charge is 0.248 e. The molecular weight excluding hydrogens is 458 g/mol. The summed E-state index contributed by atoms with van der Waals surface area (Å²) in [4.78, 5) is 32.2. The first-order valence-corrected chi connectivity index (χ1v) is 13.6. The second-order valence-corrected chi connectivity index (χ2v) is 10.1. The van der Waals surface area contributed by atoms with E-state index in [1.165, 1.54) is 18.9 Å². The zero-order chi connectivity index (χ0) is 24.5. The third-order valence-electron chi connectivity index (χ3n) is 6.46. The predicted octanol–water partition coefficient (Wildman–Crippen LogP) is 5.21. The number of hydrogen-bond donors (Lipinski definition) is 1. The molecule has 1 aliphatic heterocycles. The van der Waals surface area contributed by atoms with Crippen molar-refractivity contribution in [3.8, 4) is 5.75 Å². The van der Waals surface area contributed by atoms with E-state index in [0.29, 0.717) is 6.61 Å². The lowest BCUT2D eigenvalue weighted by atomic mass is 10.1. The van der Waals surface area contributed by atoms with Gasteiger partial charge in [-0.25, -0.2) is 0 Å². The lowest BCUT2D eigenvalue weighted by molar-refractivity contribution is 0.112. The van der Waals surface area contributed by atoms with E-state index >= 15 is 0 Å². The van der Waals surface area contributed by atoms with Crippen LogP contribution in [-0.2, 0) is 0 Å². The molecule has 0 spiro atoms. The van der Waals surface area contributed by atoms with Gasteiger partial charge in [0.05, 0.1) is 17.7 Å². The van der Waals surface area contributed by atoms with Gasteiger partial charge in [-0.05, 0) is 67.3 Å². The maximum absolute atomic E-state index is 11.9. The minimum Gasteiger partial charge on any atom is -0.494 e. The molecule has 0 atom stereocenters. The molecule has 1 saturated heterocycles. The van der Waals surface area contributed by atoms with E-state index in [-0.39, 0.29) is 5.56 Å². The van der Waals surface area contributed by atoms with Gasteiger partial charge in [0.25, 0.3) is 0 Å². The topological polar surface area (TPSA) is 65.6 Å². The van der Waals surface area contributed by atoms with Crippen LogP contribution < -0.4 is 15.2 Å². The molecule has 0 unspecified atom stereocenters. The van der Waals surface area contributed by atoms with Crippen LogP contribution in [0.4, 0.5) is 5.69 Å². The number of pyridine rings is 1. The van der Waals surface area contributed by atoms with E-state index in [9.17, 15) is 9.59 Å². The van der Waals surface area contributed by atoms with Gasteiger partial charge >= 0.3 is 0 Å². The van der Waals surface area contributed by atoms with Crippen LogP contribution in [0.2, 0.25) is 0 Å². The maximum atomic E-state index is 11.9. The van der Waals surface area contributed by atoms with Crippen molar-refractivity contribution >= 4 is 34.6 Å². The number of fused-ring (bicyclic) bond motifs is 1. The zero-order valence-electron chi connectivity index (χ0n) is 20.5. The fraction of sp³-hybridized carbons (Fsp3) is 0.429. The number of nitrogens with zero attached hydrogens (tertiary/aromatic N) is 2. The summed E-state index contributed by atoms with van der Waals surface area (Å²) in [7, 11) is 0. The summed E-state index contributed by atoms with van der Waals surface area (Å²) in [5.74, 6) is 1.84. The number of ether oxygens (including phenoxy) is 1. The highest BCUT2D eigenvalue weighted by Crippen LogP contribution is 2.31. The van der Waals surface area contributed by atoms with Crippen molar-refractivity contribution in [1.82, 2.24) is 9.88 Å². The molecule has 3 aromatic rings. The number of anilines is 1. The quantitative estimate of drug-likeness (QED) is 0.212. The molecule has 0 radical (unpaired) electrons. The molecule has 2 heterocycles. The van der Waals surface area contributed by atoms with Gasteiger partial charge in [-0.3, -0.25) is 14.5 Å². The molecule has 2 aromatic carbocycles. The monoisotopic (exact) mass is 493 g/mol. The Morgan fingerprint density at radius 1 is 1.03 bits per heavy atom. The minimum absolute atomic E-state index is 0.101. The normalized spacial score (nSPS) is 14.4. The van der Waals surface area contributed by atoms with Gasteiger partial charge < -0.3 is 14.6 Å². The minimum atomic E-state index is -0.101. The average molecular weight is 494 g/mol. The number of aromatic amines is 1. The highest BCUT2D eigenvalue weighted by atomic mass is 32.2. The van der Waals surface area contributed by atoms with Crippen LogP contribution in [0.3, 0.4) is 0 Å². The van der Waals surface area contributed by atoms with Gasteiger partial charge in [0.15, 0.2) is 6.29 Å². The van der Waals surface area contributed by atoms with Gasteiger partial charge in [0.2, 0.25) is 5.56 Å². The summed E-state index contributed by atoms with van der Waals surface area (Å²) < 4.78 is 5.91. The highest BCUT2D eigenvalue weighted by Gasteiger charge is 2.20. The van der Waals surface area contributed by atoms with E-state index in [4.69, 9.17) is 4.74 Å². The summed E-state index contributed by atoms with van der Waals surface area (Å²) >= 11 is 1.79. The highest BCUT2D eigenvalue weighted by molar-refractivity contribution is 7.99. The second kappa shape index (κ2) is 12.8. The van der Waals surface area contributed by atoms with Crippen LogP contribution in [0, 0.1) is 0 Å². The zero-order valence-corrected chi connectivity index (χ0v) is 21.3. The Balaban J connectivity index is 1.20. The van der Waals surface area contributed by atoms with Crippen LogP contribution in [0.5, 0.6) is 5.75 Å². The Morgan fingerprint density at radius 3 is 2.66 bits per heavy atom. The third-order valence-corrected chi connectivity index (χ3v) is 7.62. The van der Waals surface area contributed by atoms with E-state index in [1.54, 1.807) is 11.8 Å². The van der Waals surface area contributed by atoms with Crippen molar-refractivity contribution in [2.24, 2.45) is 0 Å². The lowest BCUT2D eigenvalue weighted by Crippen LogP contribution is -2.47. The molecule has 1 N–H and O–H groups in total. The van der Waals surface area contributed by atoms with Crippen LogP contribution >= 0.6 is 11.8 Å². The van der Waals surface area contributed by atoms with E-state index in [2.05, 4.69) is 39.9 Å². The van der Waals surface area contributed by atoms with Crippen molar-refractivity contribution in [2.75, 3.05) is 50.0 Å². The number of aromatic nitrogens is 1. The molecule has 1 aliphatic rings. The van der Waals surface area contributed by atoms with E-state index in [1.807, 2.05) is 24.3 Å². The number of hydrogen-bond acceptors (Lipinski definition) is 6. The third kappa shape index (κ3) is 6.89. The van der Waals surface area contributed by atoms with Crippen molar-refractivity contribution < 1.29 is 9.53 Å². The van der Waals surface area contributed by atoms with E-state index < -0.39 is 0 Å². The maximum Gasteiger partial charge on any atom is 0.248 e. The molecule has 4 rings (SSSR count). The number of rotatable bonds is 12. The van der Waals surface area contributed by atoms with Gasteiger partial charge in [-0.1, -0.05) is 19.4 Å². The van der Waals surface area contributed by atoms with Crippen molar-refractivity contribution in [3.05, 3.63) is 64.4 Å². The van der Waals surface area contributed by atoms with Gasteiger partial charge in [0.1, 0.15) is 5.75 Å². The van der Waals surface area contributed by atoms with Crippen LogP contribution in [-0.4, -0.2) is 61.3 Å². The number of H-pyrrole nitrogens is 1. The summed E-state index contributed by atoms with van der Waals surface area (Å²) in [5.41, 5.74) is 2.62. The van der Waals surface area contributed by atoms with Gasteiger partial charge in [-0.2, -0.15) is 0 Å². The second-order valence-electron chi connectivity index (χ2n) is 8.96. The summed E-state index contributed by atoms with van der Waals surface area (Å²) in [6.45, 7) is 7.79. The fourth-order valence-electron chi connectivity index (χ4n) is 4.44. The molecule has 0 bridgehead atoms. The number of thioether (sulfide) groups is 1. The largest absolute Gasteiger partial charge is 0.494 e. The molecule has 0 amide bonds. The molecule has 6 nitrogen and oxygen atoms in total. The van der Waals surface area contributed by atoms with Crippen LogP contribution in [0.1, 0.15) is 43.0 Å². The van der Waals surface area contributed by atoms with Gasteiger partial charge in [-0.15, -0.1) is 11.8 Å². The molecule has 0 aliphatic carbocycles. The first-order valence-electron chi connectivity index (χ1n) is 12.6. The number of carbonyl (C=O) groups excluding carboxylic acids is 1. The Labute approximate surface area is 211 Å². The lowest BCUT2D eigenvalue weighted by Gasteiger charge is -2.37. The van der Waals surface area contributed by atoms with E-state index in [0.717, 1.165) is 90.4 Å². The number of piperazine rings is 1. The summed E-state index contributed by atoms with van der Waals surface area (Å²) in [5, 5.41) is 0.998. The number of unbranched alkanes of at least 4 members (excludes halogenated alkanes) is 2. The Kier molecular flexibility index (Phi) is 9.26. The van der Waals surface area contributed by atoms with Crippen LogP contribution in [0.25, 0.3) is 10.9 Å². The van der Waals surface area contributed by atoms with Crippen molar-refractivity contribution in [1.29, 1.82) is 0 Å². The van der Waals surface area contributed by atoms with Crippen molar-refractivity contribution in [2.45, 2.75) is 37.5 Å². The summed E-state index contributed by atoms with van der Waals surface area (Å²) in [6, 6.07) is 15.4. The SMILES string of the molecule is CCCCSc1cccc(N2CCN(CCCCOc3ccc4ccc(=O)[nH]c4c3)CC2)c1C=O. The molecule has 0 saturated carbocycles. The van der Waals surface area contributed by atoms with Gasteiger partial charge in [0, 0.05) is 48.9 Å². The molecule has 186 valence electrons. The first-order chi connectivity index (χ1) is 17.2. The fourth-order valence-corrected chi connectivity index (χ4v) is 5.57. The van der Waals surface area contributed by atoms with Crippen LogP contribution in [0.15, 0.2) is 58.2 Å². The number of benzene rings is 2. The Hall–Kier alpha value is -2.77. The Bertz CT molecular complexity index is 1170.